The number of carbonyl (C=O) groups excluding carboxylic acids is 1. The lowest BCUT2D eigenvalue weighted by molar-refractivity contribution is -0.123. The Bertz CT molecular complexity index is 471. The van der Waals surface area contributed by atoms with Gasteiger partial charge in [-0.2, -0.15) is 0 Å². The van der Waals surface area contributed by atoms with Crippen molar-refractivity contribution in [3.05, 3.63) is 24.3 Å². The predicted octanol–water partition coefficient (Wildman–Crippen LogP) is 2.77. The molecule has 1 aromatic rings. The van der Waals surface area contributed by atoms with Crippen LogP contribution in [0.4, 0.5) is 0 Å². The van der Waals surface area contributed by atoms with Crippen molar-refractivity contribution in [3.63, 3.8) is 0 Å². The molecular formula is C16H23NO3. The Labute approximate surface area is 120 Å². The van der Waals surface area contributed by atoms with Crippen LogP contribution in [-0.2, 0) is 4.79 Å². The zero-order chi connectivity index (χ0) is 14.6. The maximum atomic E-state index is 11.9. The van der Waals surface area contributed by atoms with E-state index in [1.165, 1.54) is 0 Å². The molecule has 1 fully saturated rings. The highest BCUT2D eigenvalue weighted by atomic mass is 16.5. The molecule has 1 N–H and O–H groups in total. The number of benzene rings is 1. The van der Waals surface area contributed by atoms with E-state index in [2.05, 4.69) is 19.2 Å². The Kier molecular flexibility index (Phi) is 4.53. The van der Waals surface area contributed by atoms with E-state index in [0.717, 1.165) is 19.3 Å². The van der Waals surface area contributed by atoms with Crippen molar-refractivity contribution >= 4 is 5.91 Å². The van der Waals surface area contributed by atoms with Crippen LogP contribution in [0.3, 0.4) is 0 Å². The van der Waals surface area contributed by atoms with E-state index in [-0.39, 0.29) is 18.6 Å². The lowest BCUT2D eigenvalue weighted by Gasteiger charge is -2.18. The quantitative estimate of drug-likeness (QED) is 0.900. The Balaban J connectivity index is 1.81. The number of methoxy groups -OCH3 is 1. The molecule has 20 heavy (non-hydrogen) atoms. The van der Waals surface area contributed by atoms with Gasteiger partial charge < -0.3 is 14.8 Å². The molecular weight excluding hydrogens is 254 g/mol. The average Bonchev–Trinajstić information content (AvgIpc) is 2.76. The first-order valence-electron chi connectivity index (χ1n) is 7.05. The van der Waals surface area contributed by atoms with Gasteiger partial charge in [0.2, 0.25) is 0 Å². The zero-order valence-electron chi connectivity index (χ0n) is 12.4. The molecule has 1 aromatic carbocycles. The van der Waals surface area contributed by atoms with Gasteiger partial charge in [-0.3, -0.25) is 4.79 Å². The lowest BCUT2D eigenvalue weighted by Crippen LogP contribution is -2.36. The number of rotatable bonds is 5. The van der Waals surface area contributed by atoms with Gasteiger partial charge in [0.25, 0.3) is 5.91 Å². The van der Waals surface area contributed by atoms with Crippen LogP contribution in [0.2, 0.25) is 0 Å². The molecule has 4 nitrogen and oxygen atoms in total. The first-order chi connectivity index (χ1) is 9.50. The van der Waals surface area contributed by atoms with Gasteiger partial charge in [-0.1, -0.05) is 26.0 Å². The second-order valence-electron chi connectivity index (χ2n) is 6.11. The monoisotopic (exact) mass is 277 g/mol. The summed E-state index contributed by atoms with van der Waals surface area (Å²) < 4.78 is 10.7. The zero-order valence-corrected chi connectivity index (χ0v) is 12.4. The second kappa shape index (κ2) is 6.16. The summed E-state index contributed by atoms with van der Waals surface area (Å²) in [7, 11) is 1.59. The standard InChI is InChI=1S/C16H23NO3/c1-16(2)9-8-12(10-16)17-15(18)11-20-14-7-5-4-6-13(14)19-3/h4-7,12H,8-11H2,1-3H3,(H,17,18). The van der Waals surface area contributed by atoms with Crippen molar-refractivity contribution in [3.8, 4) is 11.5 Å². The fourth-order valence-corrected chi connectivity index (χ4v) is 2.71. The van der Waals surface area contributed by atoms with Crippen molar-refractivity contribution in [2.75, 3.05) is 13.7 Å². The summed E-state index contributed by atoms with van der Waals surface area (Å²) in [6.45, 7) is 4.51. The third kappa shape index (κ3) is 3.89. The minimum absolute atomic E-state index is 0.0251. The van der Waals surface area contributed by atoms with Gasteiger partial charge in [0.1, 0.15) is 0 Å². The Morgan fingerprint density at radius 3 is 2.65 bits per heavy atom. The van der Waals surface area contributed by atoms with Crippen LogP contribution in [-0.4, -0.2) is 25.7 Å². The van der Waals surface area contributed by atoms with E-state index in [1.807, 2.05) is 18.2 Å². The second-order valence-corrected chi connectivity index (χ2v) is 6.11. The van der Waals surface area contributed by atoms with E-state index >= 15 is 0 Å². The molecule has 0 bridgehead atoms. The molecule has 2 rings (SSSR count). The number of ether oxygens (including phenoxy) is 2. The van der Waals surface area contributed by atoms with Gasteiger partial charge in [0.05, 0.1) is 7.11 Å². The molecule has 1 unspecified atom stereocenters. The fourth-order valence-electron chi connectivity index (χ4n) is 2.71. The van der Waals surface area contributed by atoms with Crippen LogP contribution in [0.25, 0.3) is 0 Å². The van der Waals surface area contributed by atoms with E-state index in [4.69, 9.17) is 9.47 Å². The van der Waals surface area contributed by atoms with Crippen LogP contribution in [0.1, 0.15) is 33.1 Å². The van der Waals surface area contributed by atoms with E-state index in [9.17, 15) is 4.79 Å². The van der Waals surface area contributed by atoms with E-state index < -0.39 is 0 Å². The fraction of sp³-hybridized carbons (Fsp3) is 0.562. The Hall–Kier alpha value is -1.71. The topological polar surface area (TPSA) is 47.6 Å². The number of nitrogens with one attached hydrogen (secondary N) is 1. The van der Waals surface area contributed by atoms with Gasteiger partial charge in [-0.25, -0.2) is 0 Å². The molecule has 0 aliphatic heterocycles. The summed E-state index contributed by atoms with van der Waals surface area (Å²) in [5.41, 5.74) is 0.335. The summed E-state index contributed by atoms with van der Waals surface area (Å²) >= 11 is 0. The molecule has 1 aliphatic rings. The number of amides is 1. The van der Waals surface area contributed by atoms with Crippen LogP contribution < -0.4 is 14.8 Å². The van der Waals surface area contributed by atoms with Gasteiger partial charge in [-0.05, 0) is 36.8 Å². The summed E-state index contributed by atoms with van der Waals surface area (Å²) in [5, 5.41) is 3.04. The molecule has 0 radical (unpaired) electrons. The normalized spacial score (nSPS) is 20.4. The molecule has 0 saturated heterocycles. The maximum Gasteiger partial charge on any atom is 0.258 e. The minimum atomic E-state index is -0.0707. The molecule has 110 valence electrons. The molecule has 1 saturated carbocycles. The van der Waals surface area contributed by atoms with Crippen LogP contribution >= 0.6 is 0 Å². The molecule has 0 spiro atoms. The van der Waals surface area contributed by atoms with Gasteiger partial charge in [0, 0.05) is 6.04 Å². The van der Waals surface area contributed by atoms with Crippen molar-refractivity contribution in [2.24, 2.45) is 5.41 Å². The summed E-state index contributed by atoms with van der Waals surface area (Å²) in [6, 6.07) is 7.61. The smallest absolute Gasteiger partial charge is 0.258 e. The predicted molar refractivity (Wildman–Crippen MR) is 78.1 cm³/mol. The van der Waals surface area contributed by atoms with Crippen molar-refractivity contribution in [1.29, 1.82) is 0 Å². The van der Waals surface area contributed by atoms with E-state index in [1.54, 1.807) is 13.2 Å². The molecule has 0 aromatic heterocycles. The number of hydrogen-bond acceptors (Lipinski definition) is 3. The highest BCUT2D eigenvalue weighted by Crippen LogP contribution is 2.36. The summed E-state index contributed by atoms with van der Waals surface area (Å²) in [4.78, 5) is 11.9. The summed E-state index contributed by atoms with van der Waals surface area (Å²) in [5.74, 6) is 1.16. The Morgan fingerprint density at radius 1 is 1.35 bits per heavy atom. The van der Waals surface area contributed by atoms with Gasteiger partial charge in [-0.15, -0.1) is 0 Å². The molecule has 0 heterocycles. The SMILES string of the molecule is COc1ccccc1OCC(=O)NC1CCC(C)(C)C1. The molecule has 1 aliphatic carbocycles. The number of carbonyl (C=O) groups is 1. The van der Waals surface area contributed by atoms with Gasteiger partial charge in [0.15, 0.2) is 18.1 Å². The molecule has 4 heteroatoms. The van der Waals surface area contributed by atoms with Crippen molar-refractivity contribution in [1.82, 2.24) is 5.32 Å². The first kappa shape index (κ1) is 14.7. The Morgan fingerprint density at radius 2 is 2.05 bits per heavy atom. The van der Waals surface area contributed by atoms with Crippen molar-refractivity contribution < 1.29 is 14.3 Å². The van der Waals surface area contributed by atoms with Gasteiger partial charge >= 0.3 is 0 Å². The van der Waals surface area contributed by atoms with Crippen LogP contribution in [0, 0.1) is 5.41 Å². The lowest BCUT2D eigenvalue weighted by atomic mass is 9.92. The average molecular weight is 277 g/mol. The first-order valence-corrected chi connectivity index (χ1v) is 7.05. The van der Waals surface area contributed by atoms with Crippen molar-refractivity contribution in [2.45, 2.75) is 39.2 Å². The number of hydrogen-bond donors (Lipinski definition) is 1. The summed E-state index contributed by atoms with van der Waals surface area (Å²) in [6.07, 6.45) is 3.24. The van der Waals surface area contributed by atoms with Crippen LogP contribution in [0.5, 0.6) is 11.5 Å². The molecule has 1 amide bonds. The maximum absolute atomic E-state index is 11.9. The third-order valence-corrected chi connectivity index (χ3v) is 3.76. The third-order valence-electron chi connectivity index (χ3n) is 3.76. The van der Waals surface area contributed by atoms with E-state index in [0.29, 0.717) is 16.9 Å². The largest absolute Gasteiger partial charge is 0.493 e. The van der Waals surface area contributed by atoms with Crippen LogP contribution in [0.15, 0.2) is 24.3 Å². The number of para-hydroxylation sites is 2. The highest BCUT2D eigenvalue weighted by Gasteiger charge is 2.31. The molecule has 1 atom stereocenters. The highest BCUT2D eigenvalue weighted by molar-refractivity contribution is 5.78. The minimum Gasteiger partial charge on any atom is -0.493 e.